The maximum absolute atomic E-state index is 13.7. The van der Waals surface area contributed by atoms with Crippen LogP contribution in [0, 0.1) is 11.6 Å². The summed E-state index contributed by atoms with van der Waals surface area (Å²) in [6.45, 7) is -0.466. The van der Waals surface area contributed by atoms with Crippen LogP contribution in [-0.2, 0) is 20.9 Å². The van der Waals surface area contributed by atoms with Crippen molar-refractivity contribution >= 4 is 52.4 Å². The number of methoxy groups -OCH3 is 1. The van der Waals surface area contributed by atoms with E-state index in [2.05, 4.69) is 10.1 Å². The lowest BCUT2D eigenvalue weighted by Crippen LogP contribution is -2.36. The van der Waals surface area contributed by atoms with Gasteiger partial charge >= 0.3 is 5.97 Å². The molecule has 10 heteroatoms. The van der Waals surface area contributed by atoms with Gasteiger partial charge < -0.3 is 10.1 Å². The fourth-order valence-corrected chi connectivity index (χ4v) is 4.03. The van der Waals surface area contributed by atoms with Crippen molar-refractivity contribution in [2.45, 2.75) is 6.54 Å². The highest BCUT2D eigenvalue weighted by molar-refractivity contribution is 7.08. The molecule has 0 aliphatic carbocycles. The van der Waals surface area contributed by atoms with E-state index >= 15 is 0 Å². The molecule has 1 N–H and O–H groups in total. The number of rotatable bonds is 5. The van der Waals surface area contributed by atoms with Crippen LogP contribution in [0.5, 0.6) is 0 Å². The smallest absolute Gasteiger partial charge is 0.333 e. The van der Waals surface area contributed by atoms with Crippen LogP contribution in [0.2, 0.25) is 0 Å². The quantitative estimate of drug-likeness (QED) is 0.618. The highest BCUT2D eigenvalue weighted by Crippen LogP contribution is 2.14. The summed E-state index contributed by atoms with van der Waals surface area (Å²) in [5, 5.41) is 5.98. The number of aromatic nitrogens is 1. The average molecular weight is 436 g/mol. The van der Waals surface area contributed by atoms with Gasteiger partial charge in [0.05, 0.1) is 23.4 Å². The van der Waals surface area contributed by atoms with Gasteiger partial charge in [0.2, 0.25) is 5.91 Å². The molecular formula is C19H14F2N2O4S2. The Bertz CT molecular complexity index is 1230. The largest absolute Gasteiger partial charge is 0.466 e. The van der Waals surface area contributed by atoms with Crippen molar-refractivity contribution in [2.75, 3.05) is 12.4 Å². The number of hydrogen-bond donors (Lipinski definition) is 1. The monoisotopic (exact) mass is 436 g/mol. The van der Waals surface area contributed by atoms with Crippen LogP contribution in [0.4, 0.5) is 14.5 Å². The zero-order valence-electron chi connectivity index (χ0n) is 15.0. The Morgan fingerprint density at radius 3 is 2.72 bits per heavy atom. The molecule has 2 aromatic heterocycles. The summed E-state index contributed by atoms with van der Waals surface area (Å²) < 4.78 is 33.0. The number of hydrogen-bond acceptors (Lipinski definition) is 6. The molecule has 29 heavy (non-hydrogen) atoms. The van der Waals surface area contributed by atoms with Gasteiger partial charge in [0.1, 0.15) is 22.8 Å². The lowest BCUT2D eigenvalue weighted by atomic mass is 10.3. The normalized spacial score (nSPS) is 12.2. The van der Waals surface area contributed by atoms with Crippen molar-refractivity contribution in [3.8, 4) is 0 Å². The summed E-state index contributed by atoms with van der Waals surface area (Å²) in [5.41, 5.74) is 0.109. The standard InChI is InChI=1S/C19H14F2N2O4S2/c1-27-18(25)8-17-23(19(26)15(29-17)6-11-4-5-28-10-11)9-16(24)22-14-3-2-12(20)7-13(14)21/h2-8,10H,9H2,1H3,(H,22,24). The molecule has 0 spiro atoms. The third-order valence-corrected chi connectivity index (χ3v) is 5.49. The van der Waals surface area contributed by atoms with Gasteiger partial charge in [0, 0.05) is 6.07 Å². The Morgan fingerprint density at radius 2 is 2.07 bits per heavy atom. The van der Waals surface area contributed by atoms with Gasteiger partial charge in [-0.15, -0.1) is 11.3 Å². The van der Waals surface area contributed by atoms with E-state index in [9.17, 15) is 23.2 Å². The van der Waals surface area contributed by atoms with Crippen LogP contribution in [0.1, 0.15) is 5.56 Å². The Kier molecular flexibility index (Phi) is 6.35. The van der Waals surface area contributed by atoms with Crippen molar-refractivity contribution in [2.24, 2.45) is 0 Å². The second kappa shape index (κ2) is 8.93. The van der Waals surface area contributed by atoms with E-state index in [1.54, 1.807) is 6.08 Å². The van der Waals surface area contributed by atoms with Crippen molar-refractivity contribution < 1.29 is 23.1 Å². The number of ether oxygens (including phenoxy) is 1. The fourth-order valence-electron chi connectivity index (χ4n) is 2.39. The Morgan fingerprint density at radius 1 is 1.28 bits per heavy atom. The van der Waals surface area contributed by atoms with Crippen molar-refractivity contribution in [3.63, 3.8) is 0 Å². The minimum absolute atomic E-state index is 0.207. The van der Waals surface area contributed by atoms with E-state index < -0.39 is 35.6 Å². The number of nitrogens with one attached hydrogen (secondary N) is 1. The molecule has 0 radical (unpaired) electrons. The van der Waals surface area contributed by atoms with Gasteiger partial charge in [-0.05, 0) is 40.6 Å². The lowest BCUT2D eigenvalue weighted by molar-refractivity contribution is -0.133. The Balaban J connectivity index is 1.97. The van der Waals surface area contributed by atoms with Crippen LogP contribution < -0.4 is 20.1 Å². The highest BCUT2D eigenvalue weighted by atomic mass is 32.1. The minimum Gasteiger partial charge on any atom is -0.466 e. The van der Waals surface area contributed by atoms with Crippen LogP contribution in [0.15, 0.2) is 39.8 Å². The molecule has 0 unspecified atom stereocenters. The third-order valence-electron chi connectivity index (χ3n) is 3.73. The number of thiazole rings is 1. The van der Waals surface area contributed by atoms with Gasteiger partial charge in [-0.25, -0.2) is 13.6 Å². The number of anilines is 1. The Hall–Kier alpha value is -3.11. The van der Waals surface area contributed by atoms with Crippen LogP contribution in [-0.4, -0.2) is 23.6 Å². The summed E-state index contributed by atoms with van der Waals surface area (Å²) in [7, 11) is 1.19. The molecular weight excluding hydrogens is 422 g/mol. The number of thiophene rings is 1. The summed E-state index contributed by atoms with van der Waals surface area (Å²) in [6.07, 6.45) is 2.74. The summed E-state index contributed by atoms with van der Waals surface area (Å²) >= 11 is 2.48. The van der Waals surface area contributed by atoms with E-state index in [4.69, 9.17) is 0 Å². The first kappa shape index (κ1) is 20.6. The SMILES string of the molecule is COC(=O)C=c1sc(=Cc2ccsc2)c(=O)n1CC(=O)Nc1ccc(F)cc1F. The molecule has 150 valence electrons. The van der Waals surface area contributed by atoms with Crippen molar-refractivity contribution in [1.29, 1.82) is 0 Å². The molecule has 1 amide bonds. The van der Waals surface area contributed by atoms with E-state index in [1.807, 2.05) is 16.8 Å². The molecule has 0 bridgehead atoms. The zero-order chi connectivity index (χ0) is 21.0. The second-order valence-corrected chi connectivity index (χ2v) is 7.58. The number of benzene rings is 1. The first-order chi connectivity index (χ1) is 13.9. The molecule has 0 aliphatic rings. The fraction of sp³-hybridized carbons (Fsp3) is 0.105. The minimum atomic E-state index is -0.941. The molecule has 0 saturated heterocycles. The van der Waals surface area contributed by atoms with Crippen molar-refractivity contribution in [3.05, 3.63) is 71.8 Å². The number of nitrogens with zero attached hydrogens (tertiary/aromatic N) is 1. The summed E-state index contributed by atoms with van der Waals surface area (Å²) in [6, 6.07) is 4.54. The predicted molar refractivity (Wildman–Crippen MR) is 107 cm³/mol. The van der Waals surface area contributed by atoms with Crippen molar-refractivity contribution in [1.82, 2.24) is 4.57 Å². The number of amides is 1. The first-order valence-corrected chi connectivity index (χ1v) is 9.91. The number of esters is 1. The van der Waals surface area contributed by atoms with Gasteiger partial charge in [0.25, 0.3) is 5.56 Å². The first-order valence-electron chi connectivity index (χ1n) is 8.15. The van der Waals surface area contributed by atoms with Crippen LogP contribution in [0.25, 0.3) is 12.2 Å². The topological polar surface area (TPSA) is 77.4 Å². The third kappa shape index (κ3) is 5.04. The van der Waals surface area contributed by atoms with E-state index in [0.29, 0.717) is 10.6 Å². The molecule has 0 atom stereocenters. The van der Waals surface area contributed by atoms with Gasteiger partial charge in [-0.1, -0.05) is 0 Å². The van der Waals surface area contributed by atoms with Gasteiger partial charge in [-0.3, -0.25) is 14.2 Å². The predicted octanol–water partition coefficient (Wildman–Crippen LogP) is 1.67. The van der Waals surface area contributed by atoms with Gasteiger partial charge in [-0.2, -0.15) is 11.3 Å². The number of carbonyl (C=O) groups excluding carboxylic acids is 2. The Labute approximate surface area is 171 Å². The number of carbonyl (C=O) groups is 2. The molecule has 0 aliphatic heterocycles. The molecule has 0 saturated carbocycles. The average Bonchev–Trinajstić information content (AvgIpc) is 3.28. The lowest BCUT2D eigenvalue weighted by Gasteiger charge is -2.07. The second-order valence-electron chi connectivity index (χ2n) is 5.74. The van der Waals surface area contributed by atoms with E-state index in [-0.39, 0.29) is 10.4 Å². The maximum Gasteiger partial charge on any atom is 0.333 e. The molecule has 3 aromatic rings. The molecule has 0 fully saturated rings. The van der Waals surface area contributed by atoms with E-state index in [1.165, 1.54) is 18.4 Å². The number of halogens is 2. The highest BCUT2D eigenvalue weighted by Gasteiger charge is 2.13. The van der Waals surface area contributed by atoms with Crippen LogP contribution >= 0.6 is 22.7 Å². The van der Waals surface area contributed by atoms with Crippen LogP contribution in [0.3, 0.4) is 0 Å². The molecule has 3 rings (SSSR count). The molecule has 6 nitrogen and oxygen atoms in total. The molecule has 2 heterocycles. The van der Waals surface area contributed by atoms with E-state index in [0.717, 1.165) is 39.7 Å². The van der Waals surface area contributed by atoms with Gasteiger partial charge in [0.15, 0.2) is 0 Å². The summed E-state index contributed by atoms with van der Waals surface area (Å²) in [4.78, 5) is 36.7. The molecule has 1 aromatic carbocycles. The maximum atomic E-state index is 13.7. The summed E-state index contributed by atoms with van der Waals surface area (Å²) in [5.74, 6) is -3.12. The zero-order valence-corrected chi connectivity index (χ0v) is 16.6.